The van der Waals surface area contributed by atoms with Crippen LogP contribution in [0.25, 0.3) is 0 Å². The Hall–Kier alpha value is -0.610. The van der Waals surface area contributed by atoms with E-state index in [0.29, 0.717) is 25.7 Å². The number of morpholine rings is 1. The average Bonchev–Trinajstić information content (AvgIpc) is 2.08. The van der Waals surface area contributed by atoms with Gasteiger partial charge in [-0.2, -0.15) is 0 Å². The van der Waals surface area contributed by atoms with E-state index in [1.54, 1.807) is 0 Å². The standard InChI is InChI=1S/C8H16N2O2/c1-6(3-9)10-4-8(11)12-5-7(10)2/h6-7H,3-5,9H2,1-2H3. The number of rotatable bonds is 2. The molecule has 2 unspecified atom stereocenters. The molecule has 1 aliphatic rings. The van der Waals surface area contributed by atoms with Crippen molar-refractivity contribution < 1.29 is 9.53 Å². The number of hydrogen-bond acceptors (Lipinski definition) is 4. The quantitative estimate of drug-likeness (QED) is 0.575. The Morgan fingerprint density at radius 3 is 3.08 bits per heavy atom. The Bertz CT molecular complexity index is 168. The Kier molecular flexibility index (Phi) is 3.05. The van der Waals surface area contributed by atoms with Crippen molar-refractivity contribution in [2.24, 2.45) is 5.73 Å². The lowest BCUT2D eigenvalue weighted by atomic mass is 10.2. The first-order chi connectivity index (χ1) is 5.65. The summed E-state index contributed by atoms with van der Waals surface area (Å²) in [6, 6.07) is 0.550. The lowest BCUT2D eigenvalue weighted by Gasteiger charge is -2.36. The number of nitrogens with two attached hydrogens (primary N) is 1. The number of esters is 1. The van der Waals surface area contributed by atoms with Crippen LogP contribution in [0.3, 0.4) is 0 Å². The van der Waals surface area contributed by atoms with Crippen molar-refractivity contribution in [3.05, 3.63) is 0 Å². The summed E-state index contributed by atoms with van der Waals surface area (Å²) in [4.78, 5) is 13.0. The molecule has 2 atom stereocenters. The van der Waals surface area contributed by atoms with Gasteiger partial charge in [-0.15, -0.1) is 0 Å². The van der Waals surface area contributed by atoms with E-state index in [1.165, 1.54) is 0 Å². The van der Waals surface area contributed by atoms with Crippen molar-refractivity contribution in [1.29, 1.82) is 0 Å². The number of nitrogens with zero attached hydrogens (tertiary/aromatic N) is 1. The Labute approximate surface area is 72.7 Å². The van der Waals surface area contributed by atoms with Gasteiger partial charge in [-0.25, -0.2) is 0 Å². The van der Waals surface area contributed by atoms with Crippen molar-refractivity contribution in [2.45, 2.75) is 25.9 Å². The summed E-state index contributed by atoms with van der Waals surface area (Å²) in [5.41, 5.74) is 5.52. The van der Waals surface area contributed by atoms with Crippen molar-refractivity contribution in [1.82, 2.24) is 4.90 Å². The molecule has 1 heterocycles. The molecule has 0 saturated carbocycles. The highest BCUT2D eigenvalue weighted by Gasteiger charge is 2.27. The predicted molar refractivity (Wildman–Crippen MR) is 45.6 cm³/mol. The SMILES string of the molecule is CC(CN)N1CC(=O)OCC1C. The molecule has 4 nitrogen and oxygen atoms in total. The zero-order chi connectivity index (χ0) is 9.14. The molecule has 1 rings (SSSR count). The maximum atomic E-state index is 10.9. The molecule has 0 spiro atoms. The fourth-order valence-electron chi connectivity index (χ4n) is 1.39. The van der Waals surface area contributed by atoms with Crippen LogP contribution in [-0.2, 0) is 9.53 Å². The largest absolute Gasteiger partial charge is 0.463 e. The molecule has 0 aromatic rings. The fourth-order valence-corrected chi connectivity index (χ4v) is 1.39. The molecular formula is C8H16N2O2. The summed E-state index contributed by atoms with van der Waals surface area (Å²) in [6.45, 7) is 5.51. The minimum absolute atomic E-state index is 0.145. The number of carbonyl (C=O) groups excluding carboxylic acids is 1. The van der Waals surface area contributed by atoms with Crippen LogP contribution in [0.1, 0.15) is 13.8 Å². The normalized spacial score (nSPS) is 28.2. The first-order valence-corrected chi connectivity index (χ1v) is 4.26. The molecule has 0 aliphatic carbocycles. The molecule has 0 amide bonds. The second kappa shape index (κ2) is 3.87. The van der Waals surface area contributed by atoms with Crippen LogP contribution in [0.5, 0.6) is 0 Å². The third-order valence-electron chi connectivity index (χ3n) is 2.27. The van der Waals surface area contributed by atoms with Gasteiger partial charge in [0.15, 0.2) is 0 Å². The zero-order valence-corrected chi connectivity index (χ0v) is 7.62. The number of carbonyl (C=O) groups is 1. The molecule has 1 saturated heterocycles. The van der Waals surface area contributed by atoms with Crippen LogP contribution >= 0.6 is 0 Å². The lowest BCUT2D eigenvalue weighted by molar-refractivity contribution is -0.155. The van der Waals surface area contributed by atoms with Crippen molar-refractivity contribution in [2.75, 3.05) is 19.7 Å². The summed E-state index contributed by atoms with van der Waals surface area (Å²) in [5.74, 6) is -0.145. The first kappa shape index (κ1) is 9.48. The third kappa shape index (κ3) is 1.95. The molecule has 2 N–H and O–H groups in total. The lowest BCUT2D eigenvalue weighted by Crippen LogP contribution is -2.52. The highest BCUT2D eigenvalue weighted by Crippen LogP contribution is 2.10. The smallest absolute Gasteiger partial charge is 0.320 e. The maximum absolute atomic E-state index is 10.9. The fraction of sp³-hybridized carbons (Fsp3) is 0.875. The second-order valence-electron chi connectivity index (χ2n) is 3.29. The molecule has 1 fully saturated rings. The van der Waals surface area contributed by atoms with Crippen LogP contribution in [0.2, 0.25) is 0 Å². The average molecular weight is 172 g/mol. The maximum Gasteiger partial charge on any atom is 0.320 e. The van der Waals surface area contributed by atoms with Crippen molar-refractivity contribution in [3.8, 4) is 0 Å². The topological polar surface area (TPSA) is 55.6 Å². The molecule has 0 bridgehead atoms. The molecule has 70 valence electrons. The monoisotopic (exact) mass is 172 g/mol. The van der Waals surface area contributed by atoms with Crippen LogP contribution < -0.4 is 5.73 Å². The van der Waals surface area contributed by atoms with Gasteiger partial charge < -0.3 is 10.5 Å². The molecule has 1 aliphatic heterocycles. The van der Waals surface area contributed by atoms with E-state index in [9.17, 15) is 4.79 Å². The van der Waals surface area contributed by atoms with E-state index < -0.39 is 0 Å². The van der Waals surface area contributed by atoms with Gasteiger partial charge in [-0.1, -0.05) is 0 Å². The van der Waals surface area contributed by atoms with Crippen molar-refractivity contribution in [3.63, 3.8) is 0 Å². The third-order valence-corrected chi connectivity index (χ3v) is 2.27. The minimum Gasteiger partial charge on any atom is -0.463 e. The van der Waals surface area contributed by atoms with Crippen LogP contribution in [0.15, 0.2) is 0 Å². The summed E-state index contributed by atoms with van der Waals surface area (Å²) < 4.78 is 4.89. The number of hydrogen-bond donors (Lipinski definition) is 1. The van der Waals surface area contributed by atoms with Gasteiger partial charge in [-0.05, 0) is 13.8 Å². The van der Waals surface area contributed by atoms with Gasteiger partial charge in [0.1, 0.15) is 6.61 Å². The Morgan fingerprint density at radius 2 is 2.50 bits per heavy atom. The summed E-state index contributed by atoms with van der Waals surface area (Å²) >= 11 is 0. The predicted octanol–water partition coefficient (Wildman–Crippen LogP) is -0.419. The van der Waals surface area contributed by atoms with E-state index in [1.807, 2.05) is 13.8 Å². The van der Waals surface area contributed by atoms with E-state index >= 15 is 0 Å². The van der Waals surface area contributed by atoms with Crippen LogP contribution in [0.4, 0.5) is 0 Å². The first-order valence-electron chi connectivity index (χ1n) is 4.26. The van der Waals surface area contributed by atoms with E-state index in [4.69, 9.17) is 10.5 Å². The number of ether oxygens (including phenoxy) is 1. The van der Waals surface area contributed by atoms with Gasteiger partial charge in [0, 0.05) is 18.6 Å². The van der Waals surface area contributed by atoms with Gasteiger partial charge >= 0.3 is 5.97 Å². The molecule has 4 heteroatoms. The highest BCUT2D eigenvalue weighted by molar-refractivity contribution is 5.72. The van der Waals surface area contributed by atoms with E-state index in [-0.39, 0.29) is 12.0 Å². The minimum atomic E-state index is -0.145. The van der Waals surface area contributed by atoms with Crippen LogP contribution in [-0.4, -0.2) is 42.6 Å². The van der Waals surface area contributed by atoms with Crippen molar-refractivity contribution >= 4 is 5.97 Å². The Balaban J connectivity index is 2.54. The molecule has 0 aromatic carbocycles. The second-order valence-corrected chi connectivity index (χ2v) is 3.29. The Morgan fingerprint density at radius 1 is 1.83 bits per heavy atom. The summed E-state index contributed by atoms with van der Waals surface area (Å²) in [5, 5.41) is 0. The van der Waals surface area contributed by atoms with Gasteiger partial charge in [-0.3, -0.25) is 9.69 Å². The zero-order valence-electron chi connectivity index (χ0n) is 7.62. The molecule has 0 radical (unpaired) electrons. The molecule has 0 aromatic heterocycles. The summed E-state index contributed by atoms with van der Waals surface area (Å²) in [6.07, 6.45) is 0. The van der Waals surface area contributed by atoms with E-state index in [0.717, 1.165) is 0 Å². The number of cyclic esters (lactones) is 1. The van der Waals surface area contributed by atoms with Gasteiger partial charge in [0.25, 0.3) is 0 Å². The summed E-state index contributed by atoms with van der Waals surface area (Å²) in [7, 11) is 0. The van der Waals surface area contributed by atoms with E-state index in [2.05, 4.69) is 4.90 Å². The van der Waals surface area contributed by atoms with Gasteiger partial charge in [0.2, 0.25) is 0 Å². The highest BCUT2D eigenvalue weighted by atomic mass is 16.5. The molecule has 12 heavy (non-hydrogen) atoms. The van der Waals surface area contributed by atoms with Gasteiger partial charge in [0.05, 0.1) is 6.54 Å². The van der Waals surface area contributed by atoms with Crippen LogP contribution in [0, 0.1) is 0 Å². The molecular weight excluding hydrogens is 156 g/mol.